The van der Waals surface area contributed by atoms with Crippen molar-refractivity contribution < 1.29 is 13.2 Å². The van der Waals surface area contributed by atoms with Gasteiger partial charge < -0.3 is 0 Å². The van der Waals surface area contributed by atoms with Crippen LogP contribution in [-0.4, -0.2) is 20.2 Å². The molecular weight excluding hydrogens is 334 g/mol. The molecule has 1 unspecified atom stereocenters. The predicted octanol–water partition coefficient (Wildman–Crippen LogP) is 4.11. The molecule has 0 saturated heterocycles. The third-order valence-corrected chi connectivity index (χ3v) is 5.62. The highest BCUT2D eigenvalue weighted by Crippen LogP contribution is 2.15. The first kappa shape index (κ1) is 19.3. The molecule has 0 aliphatic heterocycles. The molecule has 0 radical (unpaired) electrons. The molecule has 0 amide bonds. The molecule has 0 aliphatic carbocycles. The summed E-state index contributed by atoms with van der Waals surface area (Å²) in [4.78, 5) is 12.7. The predicted molar refractivity (Wildman–Crippen MR) is 100 cm³/mol. The van der Waals surface area contributed by atoms with Gasteiger partial charge in [-0.25, -0.2) is 13.1 Å². The average Bonchev–Trinajstić information content (AvgIpc) is 2.60. The van der Waals surface area contributed by atoms with E-state index in [4.69, 9.17) is 0 Å². The SMILES string of the molecule is CCCCC(CC(=O)c1ccccc1)NS(=O)(=O)c1ccc(C)cc1. The molecule has 0 bridgehead atoms. The molecule has 0 spiro atoms. The van der Waals surface area contributed by atoms with E-state index in [-0.39, 0.29) is 17.1 Å². The van der Waals surface area contributed by atoms with Crippen LogP contribution in [0.4, 0.5) is 0 Å². The molecule has 5 heteroatoms. The van der Waals surface area contributed by atoms with E-state index < -0.39 is 16.1 Å². The van der Waals surface area contributed by atoms with Crippen LogP contribution in [0.2, 0.25) is 0 Å². The smallest absolute Gasteiger partial charge is 0.240 e. The van der Waals surface area contributed by atoms with Crippen LogP contribution in [0.3, 0.4) is 0 Å². The fourth-order valence-electron chi connectivity index (χ4n) is 2.62. The van der Waals surface area contributed by atoms with Crippen molar-refractivity contribution in [2.45, 2.75) is 50.5 Å². The Morgan fingerprint density at radius 2 is 1.68 bits per heavy atom. The van der Waals surface area contributed by atoms with E-state index in [1.807, 2.05) is 32.0 Å². The van der Waals surface area contributed by atoms with Crippen molar-refractivity contribution in [1.29, 1.82) is 0 Å². The maximum absolute atomic E-state index is 12.6. The molecule has 0 fully saturated rings. The number of benzene rings is 2. The third kappa shape index (κ3) is 5.80. The summed E-state index contributed by atoms with van der Waals surface area (Å²) in [5.41, 5.74) is 1.61. The molecule has 2 aromatic carbocycles. The van der Waals surface area contributed by atoms with Crippen LogP contribution in [0.15, 0.2) is 59.5 Å². The molecule has 2 rings (SSSR count). The minimum atomic E-state index is -3.64. The van der Waals surface area contributed by atoms with Crippen LogP contribution >= 0.6 is 0 Å². The Kier molecular flexibility index (Phi) is 6.91. The lowest BCUT2D eigenvalue weighted by Crippen LogP contribution is -2.36. The Hall–Kier alpha value is -1.98. The Bertz CT molecular complexity index is 783. The minimum absolute atomic E-state index is 0.0479. The van der Waals surface area contributed by atoms with Crippen molar-refractivity contribution >= 4 is 15.8 Å². The van der Waals surface area contributed by atoms with Crippen molar-refractivity contribution in [1.82, 2.24) is 4.72 Å². The lowest BCUT2D eigenvalue weighted by atomic mass is 10.0. The summed E-state index contributed by atoms with van der Waals surface area (Å²) >= 11 is 0. The Morgan fingerprint density at radius 3 is 2.28 bits per heavy atom. The van der Waals surface area contributed by atoms with Gasteiger partial charge >= 0.3 is 0 Å². The van der Waals surface area contributed by atoms with Gasteiger partial charge in [-0.3, -0.25) is 4.79 Å². The molecule has 0 aliphatic rings. The Labute approximate surface area is 150 Å². The van der Waals surface area contributed by atoms with Gasteiger partial charge in [0, 0.05) is 18.0 Å². The van der Waals surface area contributed by atoms with E-state index in [2.05, 4.69) is 4.72 Å². The van der Waals surface area contributed by atoms with Crippen LogP contribution in [0, 0.1) is 6.92 Å². The van der Waals surface area contributed by atoms with Gasteiger partial charge in [0.15, 0.2) is 5.78 Å². The van der Waals surface area contributed by atoms with Crippen molar-refractivity contribution in [3.8, 4) is 0 Å². The summed E-state index contributed by atoms with van der Waals surface area (Å²) in [6.45, 7) is 3.96. The number of sulfonamides is 1. The first-order valence-electron chi connectivity index (χ1n) is 8.59. The number of aryl methyl sites for hydroxylation is 1. The van der Waals surface area contributed by atoms with Gasteiger partial charge in [-0.05, 0) is 25.5 Å². The number of carbonyl (C=O) groups excluding carboxylic acids is 1. The molecule has 0 aromatic heterocycles. The van der Waals surface area contributed by atoms with Crippen LogP contribution < -0.4 is 4.72 Å². The zero-order chi connectivity index (χ0) is 18.3. The third-order valence-electron chi connectivity index (χ3n) is 4.09. The van der Waals surface area contributed by atoms with Crippen LogP contribution in [0.1, 0.15) is 48.5 Å². The Morgan fingerprint density at radius 1 is 1.04 bits per heavy atom. The molecule has 2 aromatic rings. The maximum Gasteiger partial charge on any atom is 0.240 e. The number of hydrogen-bond donors (Lipinski definition) is 1. The number of rotatable bonds is 9. The quantitative estimate of drug-likeness (QED) is 0.686. The van der Waals surface area contributed by atoms with E-state index >= 15 is 0 Å². The molecule has 0 saturated carbocycles. The molecule has 0 heterocycles. The second-order valence-electron chi connectivity index (χ2n) is 6.27. The lowest BCUT2D eigenvalue weighted by Gasteiger charge is -2.18. The number of Topliss-reactive ketones (excluding diaryl/α,β-unsaturated/α-hetero) is 1. The summed E-state index contributed by atoms with van der Waals surface area (Å²) in [7, 11) is -3.64. The molecule has 4 nitrogen and oxygen atoms in total. The normalized spacial score (nSPS) is 12.7. The molecular formula is C20H25NO3S. The van der Waals surface area contributed by atoms with Gasteiger partial charge in [0.1, 0.15) is 0 Å². The Balaban J connectivity index is 2.13. The summed E-state index contributed by atoms with van der Waals surface area (Å²) in [6, 6.07) is 15.3. The number of ketones is 1. The minimum Gasteiger partial charge on any atom is -0.294 e. The number of unbranched alkanes of at least 4 members (excludes halogenated alkanes) is 1. The zero-order valence-corrected chi connectivity index (χ0v) is 15.6. The van der Waals surface area contributed by atoms with Gasteiger partial charge in [-0.2, -0.15) is 0 Å². The first-order valence-corrected chi connectivity index (χ1v) is 10.1. The number of nitrogens with one attached hydrogen (secondary N) is 1. The van der Waals surface area contributed by atoms with Gasteiger partial charge in [-0.15, -0.1) is 0 Å². The van der Waals surface area contributed by atoms with E-state index in [1.54, 1.807) is 36.4 Å². The summed E-state index contributed by atoms with van der Waals surface area (Å²) in [5.74, 6) is -0.0479. The summed E-state index contributed by atoms with van der Waals surface area (Å²) in [6.07, 6.45) is 2.61. The monoisotopic (exact) mass is 359 g/mol. The lowest BCUT2D eigenvalue weighted by molar-refractivity contribution is 0.0971. The molecule has 1 atom stereocenters. The maximum atomic E-state index is 12.6. The van der Waals surface area contributed by atoms with Crippen LogP contribution in [0.5, 0.6) is 0 Å². The molecule has 25 heavy (non-hydrogen) atoms. The van der Waals surface area contributed by atoms with Crippen LogP contribution in [0.25, 0.3) is 0 Å². The largest absolute Gasteiger partial charge is 0.294 e. The second kappa shape index (κ2) is 8.92. The number of carbonyl (C=O) groups is 1. The highest BCUT2D eigenvalue weighted by atomic mass is 32.2. The van der Waals surface area contributed by atoms with E-state index in [1.165, 1.54) is 0 Å². The second-order valence-corrected chi connectivity index (χ2v) is 7.98. The van der Waals surface area contributed by atoms with Crippen molar-refractivity contribution in [2.75, 3.05) is 0 Å². The number of hydrogen-bond acceptors (Lipinski definition) is 3. The fourth-order valence-corrected chi connectivity index (χ4v) is 3.89. The van der Waals surface area contributed by atoms with Crippen molar-refractivity contribution in [3.05, 3.63) is 65.7 Å². The summed E-state index contributed by atoms with van der Waals surface area (Å²) < 4.78 is 27.9. The van der Waals surface area contributed by atoms with Gasteiger partial charge in [0.2, 0.25) is 10.0 Å². The van der Waals surface area contributed by atoms with Crippen LogP contribution in [-0.2, 0) is 10.0 Å². The van der Waals surface area contributed by atoms with Gasteiger partial charge in [0.05, 0.1) is 4.90 Å². The zero-order valence-electron chi connectivity index (χ0n) is 14.7. The average molecular weight is 359 g/mol. The van der Waals surface area contributed by atoms with E-state index in [0.29, 0.717) is 12.0 Å². The van der Waals surface area contributed by atoms with Crippen molar-refractivity contribution in [3.63, 3.8) is 0 Å². The standard InChI is InChI=1S/C20H25NO3S/c1-3-4-10-18(15-20(22)17-8-6-5-7-9-17)21-25(23,24)19-13-11-16(2)12-14-19/h5-9,11-14,18,21H,3-4,10,15H2,1-2H3. The van der Waals surface area contributed by atoms with E-state index in [9.17, 15) is 13.2 Å². The highest BCUT2D eigenvalue weighted by Gasteiger charge is 2.22. The molecule has 1 N–H and O–H groups in total. The molecule has 134 valence electrons. The van der Waals surface area contributed by atoms with Crippen molar-refractivity contribution in [2.24, 2.45) is 0 Å². The van der Waals surface area contributed by atoms with Gasteiger partial charge in [0.25, 0.3) is 0 Å². The highest BCUT2D eigenvalue weighted by molar-refractivity contribution is 7.89. The summed E-state index contributed by atoms with van der Waals surface area (Å²) in [5, 5.41) is 0. The van der Waals surface area contributed by atoms with E-state index in [0.717, 1.165) is 18.4 Å². The van der Waals surface area contributed by atoms with Gasteiger partial charge in [-0.1, -0.05) is 67.8 Å². The topological polar surface area (TPSA) is 63.2 Å². The fraction of sp³-hybridized carbons (Fsp3) is 0.350. The first-order chi connectivity index (χ1) is 11.9.